The third kappa shape index (κ3) is 2.36. The summed E-state index contributed by atoms with van der Waals surface area (Å²) in [6.07, 6.45) is 4.01. The number of H-pyrrole nitrogens is 1. The summed E-state index contributed by atoms with van der Waals surface area (Å²) in [4.78, 5) is 10.6. The van der Waals surface area contributed by atoms with E-state index in [1.165, 1.54) is 0 Å². The minimum absolute atomic E-state index is 0.346. The average molecular weight is 256 g/mol. The Hall–Kier alpha value is -1.81. The van der Waals surface area contributed by atoms with E-state index in [1.807, 2.05) is 12.1 Å². The average Bonchev–Trinajstić information content (AvgIpc) is 2.85. The van der Waals surface area contributed by atoms with Crippen LogP contribution < -0.4 is 5.32 Å². The maximum absolute atomic E-state index is 4.73. The first-order valence-electron chi connectivity index (χ1n) is 6.80. The summed E-state index contributed by atoms with van der Waals surface area (Å²) in [5.41, 5.74) is 2.16. The molecule has 1 aliphatic rings. The molecular weight excluding hydrogens is 236 g/mol. The van der Waals surface area contributed by atoms with Gasteiger partial charge in [-0.25, -0.2) is 4.98 Å². The number of piperidine rings is 1. The number of nitrogens with one attached hydrogen (secondary N) is 2. The summed E-state index contributed by atoms with van der Waals surface area (Å²) in [6, 6.07) is 9.04. The lowest BCUT2D eigenvalue weighted by molar-refractivity contribution is 0.156. The number of aromatic nitrogens is 2. The van der Waals surface area contributed by atoms with Crippen LogP contribution in [0.4, 0.5) is 0 Å². The number of rotatable bonds is 3. The van der Waals surface area contributed by atoms with Gasteiger partial charge in [0.15, 0.2) is 0 Å². The lowest BCUT2D eigenvalue weighted by Gasteiger charge is -2.36. The van der Waals surface area contributed by atoms with Gasteiger partial charge < -0.3 is 10.3 Å². The van der Waals surface area contributed by atoms with Crippen molar-refractivity contribution in [3.05, 3.63) is 42.9 Å². The van der Waals surface area contributed by atoms with E-state index < -0.39 is 0 Å². The number of benzene rings is 1. The fraction of sp³-hybridized carbons (Fsp3) is 0.400. The lowest BCUT2D eigenvalue weighted by Crippen LogP contribution is -2.41. The molecule has 1 aromatic carbocycles. The van der Waals surface area contributed by atoms with E-state index >= 15 is 0 Å². The van der Waals surface area contributed by atoms with Crippen molar-refractivity contribution in [3.8, 4) is 0 Å². The monoisotopic (exact) mass is 256 g/mol. The second kappa shape index (κ2) is 5.05. The fourth-order valence-electron chi connectivity index (χ4n) is 2.85. The lowest BCUT2D eigenvalue weighted by atomic mass is 9.97. The summed E-state index contributed by atoms with van der Waals surface area (Å²) in [7, 11) is 2.17. The first-order valence-corrected chi connectivity index (χ1v) is 6.80. The zero-order valence-electron chi connectivity index (χ0n) is 11.3. The summed E-state index contributed by atoms with van der Waals surface area (Å²) >= 11 is 0. The Bertz CT molecular complexity index is 541. The Kier molecular flexibility index (Phi) is 3.25. The highest BCUT2D eigenvalue weighted by molar-refractivity contribution is 5.74. The highest BCUT2D eigenvalue weighted by atomic mass is 15.2. The predicted octanol–water partition coefficient (Wildman–Crippen LogP) is 2.43. The van der Waals surface area contributed by atoms with Crippen molar-refractivity contribution >= 4 is 11.0 Å². The molecule has 2 heterocycles. The van der Waals surface area contributed by atoms with Crippen molar-refractivity contribution in [2.45, 2.75) is 24.9 Å². The second-order valence-electron chi connectivity index (χ2n) is 5.23. The van der Waals surface area contributed by atoms with Crippen molar-refractivity contribution in [1.82, 2.24) is 20.2 Å². The molecule has 0 bridgehead atoms. The molecular formula is C15H20N4. The Morgan fingerprint density at radius 2 is 2.32 bits per heavy atom. The number of para-hydroxylation sites is 2. The Labute approximate surface area is 113 Å². The van der Waals surface area contributed by atoms with E-state index in [2.05, 4.69) is 41.0 Å². The molecule has 1 saturated heterocycles. The Morgan fingerprint density at radius 3 is 3.11 bits per heavy atom. The number of fused-ring (bicyclic) bond motifs is 1. The van der Waals surface area contributed by atoms with Gasteiger partial charge in [-0.05, 0) is 38.2 Å². The third-order valence-corrected chi connectivity index (χ3v) is 3.95. The van der Waals surface area contributed by atoms with Crippen LogP contribution in [0.25, 0.3) is 11.0 Å². The maximum atomic E-state index is 4.73. The predicted molar refractivity (Wildman–Crippen MR) is 77.8 cm³/mol. The zero-order chi connectivity index (χ0) is 13.2. The molecule has 19 heavy (non-hydrogen) atoms. The number of imidazole rings is 1. The number of nitrogens with zero attached hydrogens (tertiary/aromatic N) is 2. The second-order valence-corrected chi connectivity index (χ2v) is 5.23. The molecule has 0 radical (unpaired) electrons. The number of hydrogen-bond acceptors (Lipinski definition) is 3. The van der Waals surface area contributed by atoms with Crippen molar-refractivity contribution < 1.29 is 0 Å². The van der Waals surface area contributed by atoms with Gasteiger partial charge in [0.1, 0.15) is 5.82 Å². The van der Waals surface area contributed by atoms with Crippen LogP contribution in [0.2, 0.25) is 0 Å². The van der Waals surface area contributed by atoms with Crippen LogP contribution in [0.3, 0.4) is 0 Å². The van der Waals surface area contributed by atoms with E-state index in [0.29, 0.717) is 12.1 Å². The van der Waals surface area contributed by atoms with E-state index in [4.69, 9.17) is 4.98 Å². The first kappa shape index (κ1) is 12.2. The van der Waals surface area contributed by atoms with Crippen molar-refractivity contribution in [2.24, 2.45) is 0 Å². The van der Waals surface area contributed by atoms with E-state index in [0.717, 1.165) is 36.2 Å². The van der Waals surface area contributed by atoms with Crippen LogP contribution in [0, 0.1) is 0 Å². The highest BCUT2D eigenvalue weighted by Crippen LogP contribution is 2.29. The van der Waals surface area contributed by atoms with Crippen LogP contribution in [0.1, 0.15) is 24.7 Å². The summed E-state index contributed by atoms with van der Waals surface area (Å²) in [5.74, 6) is 1.07. The number of likely N-dealkylation sites (tertiary alicyclic amines) is 1. The molecule has 2 atom stereocenters. The SMILES string of the molecule is C=CNC1CCN(C)[C@@H](c2nc3ccccc3[nH]2)C1. The molecule has 0 amide bonds. The Balaban J connectivity index is 1.88. The van der Waals surface area contributed by atoms with Gasteiger partial charge in [0.25, 0.3) is 0 Å². The highest BCUT2D eigenvalue weighted by Gasteiger charge is 2.28. The maximum Gasteiger partial charge on any atom is 0.124 e. The molecule has 4 heteroatoms. The zero-order valence-corrected chi connectivity index (χ0v) is 11.3. The molecule has 1 aliphatic heterocycles. The normalized spacial score (nSPS) is 24.5. The van der Waals surface area contributed by atoms with Gasteiger partial charge in [-0.3, -0.25) is 4.90 Å². The minimum Gasteiger partial charge on any atom is -0.389 e. The third-order valence-electron chi connectivity index (χ3n) is 3.95. The standard InChI is InChI=1S/C15H20N4/c1-3-16-11-8-9-19(2)14(10-11)15-17-12-6-4-5-7-13(12)18-15/h3-7,11,14,16H,1,8-10H2,2H3,(H,17,18)/t11?,14-/m1/s1. The van der Waals surface area contributed by atoms with E-state index in [-0.39, 0.29) is 0 Å². The minimum atomic E-state index is 0.346. The molecule has 3 rings (SSSR count). The summed E-state index contributed by atoms with van der Waals surface area (Å²) in [5, 5.41) is 3.33. The van der Waals surface area contributed by atoms with Crippen molar-refractivity contribution in [3.63, 3.8) is 0 Å². The van der Waals surface area contributed by atoms with Gasteiger partial charge in [0.2, 0.25) is 0 Å². The van der Waals surface area contributed by atoms with Gasteiger partial charge >= 0.3 is 0 Å². The largest absolute Gasteiger partial charge is 0.389 e. The molecule has 2 N–H and O–H groups in total. The number of hydrogen-bond donors (Lipinski definition) is 2. The summed E-state index contributed by atoms with van der Waals surface area (Å²) < 4.78 is 0. The quantitative estimate of drug-likeness (QED) is 0.886. The van der Waals surface area contributed by atoms with Crippen LogP contribution in [-0.2, 0) is 0 Å². The van der Waals surface area contributed by atoms with Gasteiger partial charge in [0.05, 0.1) is 17.1 Å². The molecule has 1 fully saturated rings. The van der Waals surface area contributed by atoms with Crippen LogP contribution in [-0.4, -0.2) is 34.5 Å². The molecule has 2 aromatic rings. The van der Waals surface area contributed by atoms with Gasteiger partial charge in [-0.2, -0.15) is 0 Å². The van der Waals surface area contributed by atoms with Crippen LogP contribution in [0.15, 0.2) is 37.0 Å². The molecule has 100 valence electrons. The fourth-order valence-corrected chi connectivity index (χ4v) is 2.85. The summed E-state index contributed by atoms with van der Waals surface area (Å²) in [6.45, 7) is 4.83. The smallest absolute Gasteiger partial charge is 0.124 e. The molecule has 0 aliphatic carbocycles. The topological polar surface area (TPSA) is 44.0 Å². The number of aromatic amines is 1. The molecule has 1 unspecified atom stereocenters. The van der Waals surface area contributed by atoms with E-state index in [9.17, 15) is 0 Å². The molecule has 1 aromatic heterocycles. The van der Waals surface area contributed by atoms with Crippen molar-refractivity contribution in [2.75, 3.05) is 13.6 Å². The van der Waals surface area contributed by atoms with E-state index in [1.54, 1.807) is 6.20 Å². The first-order chi connectivity index (χ1) is 9.28. The Morgan fingerprint density at radius 1 is 1.47 bits per heavy atom. The van der Waals surface area contributed by atoms with Gasteiger partial charge in [-0.15, -0.1) is 0 Å². The van der Waals surface area contributed by atoms with Crippen LogP contribution in [0.5, 0.6) is 0 Å². The molecule has 4 nitrogen and oxygen atoms in total. The molecule has 0 saturated carbocycles. The molecule has 0 spiro atoms. The van der Waals surface area contributed by atoms with Gasteiger partial charge in [0, 0.05) is 12.6 Å². The van der Waals surface area contributed by atoms with Gasteiger partial charge in [-0.1, -0.05) is 18.7 Å². The van der Waals surface area contributed by atoms with Crippen molar-refractivity contribution in [1.29, 1.82) is 0 Å². The van der Waals surface area contributed by atoms with Crippen LogP contribution >= 0.6 is 0 Å².